The minimum atomic E-state index is 0.360. The molecule has 3 rings (SSSR count). The minimum absolute atomic E-state index is 0.360. The minimum Gasteiger partial charge on any atom is -0.387 e. The van der Waals surface area contributed by atoms with Crippen molar-refractivity contribution in [3.8, 4) is 0 Å². The van der Waals surface area contributed by atoms with E-state index in [9.17, 15) is 0 Å². The van der Waals surface area contributed by atoms with Gasteiger partial charge in [0, 0.05) is 44.0 Å². The van der Waals surface area contributed by atoms with Crippen LogP contribution < -0.4 is 15.5 Å². The maximum absolute atomic E-state index is 5.83. The zero-order chi connectivity index (χ0) is 15.4. The fourth-order valence-corrected chi connectivity index (χ4v) is 3.52. The molecule has 120 valence electrons. The molecule has 1 atom stereocenters. The highest BCUT2D eigenvalue weighted by atomic mass is 15.2. The first-order valence-corrected chi connectivity index (χ1v) is 8.68. The zero-order valence-electron chi connectivity index (χ0n) is 13.7. The predicted molar refractivity (Wildman–Crippen MR) is 95.0 cm³/mol. The van der Waals surface area contributed by atoms with Crippen LogP contribution in [0.3, 0.4) is 0 Å². The number of hydrogen-bond donors (Lipinski definition) is 1. The van der Waals surface area contributed by atoms with Gasteiger partial charge in [-0.3, -0.25) is 4.99 Å². The molecule has 4 nitrogen and oxygen atoms in total. The Hall–Kier alpha value is -1.71. The Morgan fingerprint density at radius 2 is 2.09 bits per heavy atom. The van der Waals surface area contributed by atoms with Gasteiger partial charge in [0.2, 0.25) is 0 Å². The Balaban J connectivity index is 1.71. The fraction of sp³-hybridized carbons (Fsp3) is 0.611. The fourth-order valence-electron chi connectivity index (χ4n) is 3.52. The number of hydrogen-bond acceptors (Lipinski definition) is 4. The lowest BCUT2D eigenvalue weighted by molar-refractivity contribution is 0.577. The molecule has 1 saturated heterocycles. The summed E-state index contributed by atoms with van der Waals surface area (Å²) in [6.45, 7) is 6.59. The molecule has 1 aromatic rings. The molecule has 0 aromatic heterocycles. The van der Waals surface area contributed by atoms with E-state index < -0.39 is 0 Å². The first-order chi connectivity index (χ1) is 10.8. The number of likely N-dealkylation sites (N-methyl/N-ethyl adjacent to an activating group) is 1. The third kappa shape index (κ3) is 3.54. The first kappa shape index (κ1) is 15.2. The Morgan fingerprint density at radius 1 is 1.27 bits per heavy atom. The van der Waals surface area contributed by atoms with Gasteiger partial charge in [-0.05, 0) is 50.8 Å². The Morgan fingerprint density at radius 3 is 2.77 bits per heavy atom. The molecule has 0 unspecified atom stereocenters. The second-order valence-electron chi connectivity index (χ2n) is 6.42. The topological polar surface area (TPSA) is 44.9 Å². The molecule has 2 N–H and O–H groups in total. The summed E-state index contributed by atoms with van der Waals surface area (Å²) >= 11 is 0. The number of amidine groups is 1. The lowest BCUT2D eigenvalue weighted by Gasteiger charge is -2.31. The maximum Gasteiger partial charge on any atom is 0.0942 e. The Labute approximate surface area is 134 Å². The van der Waals surface area contributed by atoms with E-state index in [1.54, 1.807) is 0 Å². The van der Waals surface area contributed by atoms with Gasteiger partial charge < -0.3 is 15.5 Å². The first-order valence-electron chi connectivity index (χ1n) is 8.68. The molecule has 0 saturated carbocycles. The van der Waals surface area contributed by atoms with Crippen molar-refractivity contribution in [2.75, 3.05) is 36.0 Å². The number of nitrogens with two attached hydrogens (primary N) is 1. The zero-order valence-corrected chi connectivity index (χ0v) is 13.7. The molecule has 2 heterocycles. The second kappa shape index (κ2) is 7.03. The predicted octanol–water partition coefficient (Wildman–Crippen LogP) is 3.02. The van der Waals surface area contributed by atoms with E-state index in [2.05, 4.69) is 46.0 Å². The average Bonchev–Trinajstić information content (AvgIpc) is 2.99. The van der Waals surface area contributed by atoms with E-state index in [1.165, 1.54) is 43.7 Å². The highest BCUT2D eigenvalue weighted by Crippen LogP contribution is 2.26. The van der Waals surface area contributed by atoms with Crippen molar-refractivity contribution >= 4 is 17.2 Å². The van der Waals surface area contributed by atoms with Crippen LogP contribution >= 0.6 is 0 Å². The van der Waals surface area contributed by atoms with Gasteiger partial charge >= 0.3 is 0 Å². The van der Waals surface area contributed by atoms with E-state index in [4.69, 9.17) is 5.73 Å². The lowest BCUT2D eigenvalue weighted by Crippen LogP contribution is -2.32. The molecule has 1 fully saturated rings. The van der Waals surface area contributed by atoms with Crippen molar-refractivity contribution in [3.05, 3.63) is 24.3 Å². The van der Waals surface area contributed by atoms with E-state index in [0.717, 1.165) is 31.8 Å². The van der Waals surface area contributed by atoms with Gasteiger partial charge in [0.05, 0.1) is 11.9 Å². The molecular formula is C18H28N4. The van der Waals surface area contributed by atoms with Crippen LogP contribution in [0.4, 0.5) is 11.4 Å². The summed E-state index contributed by atoms with van der Waals surface area (Å²) in [4.78, 5) is 9.51. The van der Waals surface area contributed by atoms with E-state index in [1.807, 2.05) is 0 Å². The van der Waals surface area contributed by atoms with Crippen molar-refractivity contribution in [2.24, 2.45) is 10.7 Å². The van der Waals surface area contributed by atoms with Gasteiger partial charge in [-0.25, -0.2) is 0 Å². The van der Waals surface area contributed by atoms with E-state index in [0.29, 0.717) is 6.04 Å². The largest absolute Gasteiger partial charge is 0.387 e. The molecular weight excluding hydrogens is 272 g/mol. The van der Waals surface area contributed by atoms with Crippen molar-refractivity contribution in [1.82, 2.24) is 0 Å². The lowest BCUT2D eigenvalue weighted by atomic mass is 10.1. The summed E-state index contributed by atoms with van der Waals surface area (Å²) in [5.41, 5.74) is 8.50. The third-order valence-electron chi connectivity index (χ3n) is 4.81. The summed E-state index contributed by atoms with van der Waals surface area (Å²) in [5, 5.41) is 0. The molecule has 0 spiro atoms. The smallest absolute Gasteiger partial charge is 0.0942 e. The van der Waals surface area contributed by atoms with Gasteiger partial charge in [-0.15, -0.1) is 0 Å². The van der Waals surface area contributed by atoms with Gasteiger partial charge in [0.1, 0.15) is 0 Å². The average molecular weight is 300 g/mol. The van der Waals surface area contributed by atoms with Crippen molar-refractivity contribution in [2.45, 2.75) is 45.1 Å². The van der Waals surface area contributed by atoms with Crippen molar-refractivity contribution < 1.29 is 0 Å². The molecule has 1 aromatic carbocycles. The standard InChI is InChI=1S/C18H28N4/c1-2-21(14-15-9-10-18(19)20-15)16-7-6-8-17(13-16)22-11-4-3-5-12-22/h6-8,13,15H,2-5,9-12,14H2,1H3,(H2,19,20)/t15-/m1/s1. The number of anilines is 2. The van der Waals surface area contributed by atoms with Crippen LogP contribution in [0.2, 0.25) is 0 Å². The molecule has 22 heavy (non-hydrogen) atoms. The molecule has 4 heteroatoms. The van der Waals surface area contributed by atoms with Gasteiger partial charge in [-0.1, -0.05) is 6.07 Å². The van der Waals surface area contributed by atoms with Crippen LogP contribution in [0.1, 0.15) is 39.0 Å². The van der Waals surface area contributed by atoms with Crippen LogP contribution in [0.5, 0.6) is 0 Å². The molecule has 0 radical (unpaired) electrons. The summed E-state index contributed by atoms with van der Waals surface area (Å²) in [7, 11) is 0. The number of rotatable bonds is 5. The van der Waals surface area contributed by atoms with E-state index >= 15 is 0 Å². The summed E-state index contributed by atoms with van der Waals surface area (Å²) in [6, 6.07) is 9.36. The number of nitrogens with zero attached hydrogens (tertiary/aromatic N) is 3. The van der Waals surface area contributed by atoms with Crippen molar-refractivity contribution in [1.29, 1.82) is 0 Å². The molecule has 0 bridgehead atoms. The van der Waals surface area contributed by atoms with Gasteiger partial charge in [-0.2, -0.15) is 0 Å². The molecule has 2 aliphatic rings. The number of benzene rings is 1. The molecule has 0 amide bonds. The van der Waals surface area contributed by atoms with Crippen LogP contribution in [0.15, 0.2) is 29.3 Å². The summed E-state index contributed by atoms with van der Waals surface area (Å²) in [5.74, 6) is 0.822. The maximum atomic E-state index is 5.83. The van der Waals surface area contributed by atoms with Crippen molar-refractivity contribution in [3.63, 3.8) is 0 Å². The summed E-state index contributed by atoms with van der Waals surface area (Å²) in [6.07, 6.45) is 6.05. The van der Waals surface area contributed by atoms with Crippen LogP contribution in [-0.4, -0.2) is 38.1 Å². The third-order valence-corrected chi connectivity index (χ3v) is 4.81. The molecule has 2 aliphatic heterocycles. The van der Waals surface area contributed by atoms with Crippen LogP contribution in [-0.2, 0) is 0 Å². The number of piperidine rings is 1. The van der Waals surface area contributed by atoms with Crippen LogP contribution in [0.25, 0.3) is 0 Å². The monoisotopic (exact) mass is 300 g/mol. The quantitative estimate of drug-likeness (QED) is 0.909. The number of aliphatic imine (C=N–C) groups is 1. The Bertz CT molecular complexity index is 520. The molecule has 0 aliphatic carbocycles. The van der Waals surface area contributed by atoms with Gasteiger partial charge in [0.25, 0.3) is 0 Å². The second-order valence-corrected chi connectivity index (χ2v) is 6.42. The Kier molecular flexibility index (Phi) is 4.86. The summed E-state index contributed by atoms with van der Waals surface area (Å²) < 4.78 is 0. The highest BCUT2D eigenvalue weighted by Gasteiger charge is 2.19. The normalized spacial score (nSPS) is 21.8. The van der Waals surface area contributed by atoms with E-state index in [-0.39, 0.29) is 0 Å². The highest BCUT2D eigenvalue weighted by molar-refractivity contribution is 5.82. The SMILES string of the molecule is CCN(C[C@H]1CCC(N)=N1)c1cccc(N2CCCCC2)c1. The van der Waals surface area contributed by atoms with Crippen LogP contribution in [0, 0.1) is 0 Å². The van der Waals surface area contributed by atoms with Gasteiger partial charge in [0.15, 0.2) is 0 Å².